The fourth-order valence-electron chi connectivity index (χ4n) is 3.77. The molecular formula is C26H21N3S. The van der Waals surface area contributed by atoms with Gasteiger partial charge >= 0.3 is 0 Å². The van der Waals surface area contributed by atoms with Crippen LogP contribution in [0.2, 0.25) is 0 Å². The molecule has 4 aromatic carbocycles. The van der Waals surface area contributed by atoms with Crippen LogP contribution in [-0.2, 0) is 0 Å². The van der Waals surface area contributed by atoms with Crippen LogP contribution in [0.15, 0.2) is 93.6 Å². The van der Waals surface area contributed by atoms with E-state index in [-0.39, 0.29) is 0 Å². The minimum atomic E-state index is 0.958. The van der Waals surface area contributed by atoms with E-state index in [1.165, 1.54) is 21.5 Å². The molecule has 0 saturated carbocycles. The fraction of sp³-hybridized carbons (Fsp3) is 0.0769. The number of hydrogen-bond acceptors (Lipinski definition) is 3. The van der Waals surface area contributed by atoms with Crippen molar-refractivity contribution in [2.75, 3.05) is 0 Å². The Morgan fingerprint density at radius 2 is 1.47 bits per heavy atom. The Kier molecular flexibility index (Phi) is 4.85. The summed E-state index contributed by atoms with van der Waals surface area (Å²) < 4.78 is 0. The van der Waals surface area contributed by atoms with Gasteiger partial charge in [0.1, 0.15) is 0 Å². The first-order chi connectivity index (χ1) is 14.7. The zero-order chi connectivity index (χ0) is 20.5. The standard InChI is InChI=1S/C26H21N3S/c1-17-26(18(2)29-28-17)30-25-14-8-7-13-24(25)27-16-23-21-11-5-3-9-19(21)15-20-10-4-6-12-22(20)23/h3-16H,1-2H3,(H,28,29). The van der Waals surface area contributed by atoms with Crippen molar-refractivity contribution < 1.29 is 0 Å². The molecule has 30 heavy (non-hydrogen) atoms. The van der Waals surface area contributed by atoms with E-state index in [2.05, 4.69) is 89.9 Å². The topological polar surface area (TPSA) is 41.0 Å². The lowest BCUT2D eigenvalue weighted by molar-refractivity contribution is 1.02. The van der Waals surface area contributed by atoms with Crippen LogP contribution in [0.5, 0.6) is 0 Å². The largest absolute Gasteiger partial charge is 0.281 e. The highest BCUT2D eigenvalue weighted by Crippen LogP contribution is 2.37. The van der Waals surface area contributed by atoms with Gasteiger partial charge < -0.3 is 0 Å². The summed E-state index contributed by atoms with van der Waals surface area (Å²) in [5.74, 6) is 0. The maximum absolute atomic E-state index is 4.94. The van der Waals surface area contributed by atoms with Crippen molar-refractivity contribution in [3.8, 4) is 0 Å². The first kappa shape index (κ1) is 18.6. The number of nitrogens with zero attached hydrogens (tertiary/aromatic N) is 2. The first-order valence-corrected chi connectivity index (χ1v) is 10.8. The fourth-order valence-corrected chi connectivity index (χ4v) is 4.76. The summed E-state index contributed by atoms with van der Waals surface area (Å²) in [6.07, 6.45) is 2.01. The van der Waals surface area contributed by atoms with Gasteiger partial charge in [-0.15, -0.1) is 0 Å². The van der Waals surface area contributed by atoms with E-state index in [0.29, 0.717) is 0 Å². The van der Waals surface area contributed by atoms with Crippen LogP contribution in [0.4, 0.5) is 5.69 Å². The summed E-state index contributed by atoms with van der Waals surface area (Å²) >= 11 is 1.71. The van der Waals surface area contributed by atoms with Crippen LogP contribution in [0, 0.1) is 13.8 Å². The maximum atomic E-state index is 4.94. The van der Waals surface area contributed by atoms with Crippen molar-refractivity contribution >= 4 is 45.2 Å². The highest BCUT2D eigenvalue weighted by atomic mass is 32.2. The Morgan fingerprint density at radius 3 is 2.13 bits per heavy atom. The van der Waals surface area contributed by atoms with E-state index in [9.17, 15) is 0 Å². The molecule has 0 aliphatic heterocycles. The normalized spacial score (nSPS) is 11.7. The number of aliphatic imine (C=N–C) groups is 1. The smallest absolute Gasteiger partial charge is 0.0769 e. The van der Waals surface area contributed by atoms with Crippen LogP contribution < -0.4 is 0 Å². The summed E-state index contributed by atoms with van der Waals surface area (Å²) in [6.45, 7) is 4.08. The third kappa shape index (κ3) is 3.40. The minimum Gasteiger partial charge on any atom is -0.281 e. The molecule has 0 spiro atoms. The number of fused-ring (bicyclic) bond motifs is 2. The van der Waals surface area contributed by atoms with Crippen LogP contribution in [0.25, 0.3) is 21.5 Å². The summed E-state index contributed by atoms with van der Waals surface area (Å²) in [6, 6.07) is 27.5. The zero-order valence-corrected chi connectivity index (χ0v) is 17.7. The molecule has 3 nitrogen and oxygen atoms in total. The van der Waals surface area contributed by atoms with Crippen LogP contribution in [0.1, 0.15) is 17.0 Å². The number of nitrogens with one attached hydrogen (secondary N) is 1. The van der Waals surface area contributed by atoms with Gasteiger partial charge in [0, 0.05) is 22.4 Å². The van der Waals surface area contributed by atoms with E-state index in [1.54, 1.807) is 11.8 Å². The second kappa shape index (κ2) is 7.81. The van der Waals surface area contributed by atoms with Crippen LogP contribution in [-0.4, -0.2) is 16.4 Å². The third-order valence-electron chi connectivity index (χ3n) is 5.28. The molecule has 1 aromatic heterocycles. The van der Waals surface area contributed by atoms with Gasteiger partial charge in [-0.05, 0) is 53.6 Å². The van der Waals surface area contributed by atoms with Crippen LogP contribution in [0.3, 0.4) is 0 Å². The minimum absolute atomic E-state index is 0.958. The van der Waals surface area contributed by atoms with Gasteiger partial charge in [0.15, 0.2) is 0 Å². The number of para-hydroxylation sites is 1. The van der Waals surface area contributed by atoms with Gasteiger partial charge in [0.05, 0.1) is 16.3 Å². The number of aromatic nitrogens is 2. The SMILES string of the molecule is Cc1n[nH]c(C)c1Sc1ccccc1N=Cc1c2ccccc2cc2ccccc12. The average Bonchev–Trinajstić information content (AvgIpc) is 3.09. The Labute approximate surface area is 179 Å². The van der Waals surface area contributed by atoms with Crippen molar-refractivity contribution in [1.29, 1.82) is 0 Å². The maximum Gasteiger partial charge on any atom is 0.0769 e. The molecule has 0 atom stereocenters. The van der Waals surface area contributed by atoms with Crippen molar-refractivity contribution in [3.05, 3.63) is 95.8 Å². The lowest BCUT2D eigenvalue weighted by Crippen LogP contribution is -1.88. The summed E-state index contributed by atoms with van der Waals surface area (Å²) in [5.41, 5.74) is 4.20. The predicted octanol–water partition coefficient (Wildman–Crippen LogP) is 7.23. The number of H-pyrrole nitrogens is 1. The molecule has 146 valence electrons. The van der Waals surface area contributed by atoms with E-state index in [0.717, 1.165) is 32.4 Å². The Bertz CT molecular complexity index is 1320. The Hall–Kier alpha value is -3.37. The van der Waals surface area contributed by atoms with E-state index in [4.69, 9.17) is 4.99 Å². The Morgan fingerprint density at radius 1 is 0.833 bits per heavy atom. The molecule has 0 saturated heterocycles. The van der Waals surface area contributed by atoms with Crippen molar-refractivity contribution in [3.63, 3.8) is 0 Å². The van der Waals surface area contributed by atoms with Crippen LogP contribution >= 0.6 is 11.8 Å². The molecule has 0 unspecified atom stereocenters. The average molecular weight is 408 g/mol. The van der Waals surface area contributed by atoms with Gasteiger partial charge in [0.2, 0.25) is 0 Å². The molecular weight excluding hydrogens is 386 g/mol. The van der Waals surface area contributed by atoms with Gasteiger partial charge in [-0.25, -0.2) is 0 Å². The lowest BCUT2D eigenvalue weighted by Gasteiger charge is -2.09. The van der Waals surface area contributed by atoms with Crippen molar-refractivity contribution in [2.24, 2.45) is 4.99 Å². The lowest BCUT2D eigenvalue weighted by atomic mass is 9.97. The summed E-state index contributed by atoms with van der Waals surface area (Å²) in [4.78, 5) is 7.22. The van der Waals surface area contributed by atoms with Crippen molar-refractivity contribution in [1.82, 2.24) is 10.2 Å². The molecule has 4 heteroatoms. The number of aryl methyl sites for hydroxylation is 2. The highest BCUT2D eigenvalue weighted by Gasteiger charge is 2.11. The predicted molar refractivity (Wildman–Crippen MR) is 127 cm³/mol. The molecule has 0 bridgehead atoms. The molecule has 5 rings (SSSR count). The monoisotopic (exact) mass is 407 g/mol. The quantitative estimate of drug-likeness (QED) is 0.252. The number of aromatic amines is 1. The van der Waals surface area contributed by atoms with Gasteiger partial charge in [-0.2, -0.15) is 5.10 Å². The van der Waals surface area contributed by atoms with Gasteiger partial charge in [0.25, 0.3) is 0 Å². The zero-order valence-electron chi connectivity index (χ0n) is 16.9. The second-order valence-electron chi connectivity index (χ2n) is 7.32. The van der Waals surface area contributed by atoms with Gasteiger partial charge in [-0.1, -0.05) is 72.4 Å². The molecule has 0 aliphatic carbocycles. The highest BCUT2D eigenvalue weighted by molar-refractivity contribution is 7.99. The molecule has 5 aromatic rings. The molecule has 0 fully saturated rings. The third-order valence-corrected chi connectivity index (χ3v) is 6.65. The summed E-state index contributed by atoms with van der Waals surface area (Å²) in [7, 11) is 0. The molecule has 0 aliphatic rings. The Balaban J connectivity index is 1.62. The second-order valence-corrected chi connectivity index (χ2v) is 8.38. The molecule has 0 radical (unpaired) electrons. The first-order valence-electron chi connectivity index (χ1n) is 9.94. The van der Waals surface area contributed by atoms with Gasteiger partial charge in [-0.3, -0.25) is 10.1 Å². The van der Waals surface area contributed by atoms with E-state index < -0.39 is 0 Å². The van der Waals surface area contributed by atoms with E-state index in [1.807, 2.05) is 19.2 Å². The number of benzene rings is 4. The summed E-state index contributed by atoms with van der Waals surface area (Å²) in [5, 5.41) is 12.3. The molecule has 0 amide bonds. The van der Waals surface area contributed by atoms with E-state index >= 15 is 0 Å². The molecule has 1 N–H and O–H groups in total. The molecule has 1 heterocycles. The number of hydrogen-bond donors (Lipinski definition) is 1. The number of rotatable bonds is 4. The van der Waals surface area contributed by atoms with Crippen molar-refractivity contribution in [2.45, 2.75) is 23.6 Å².